The number of ether oxygens (including phenoxy) is 1. The first-order valence-corrected chi connectivity index (χ1v) is 12.0. The highest BCUT2D eigenvalue weighted by Gasteiger charge is 2.28. The first-order chi connectivity index (χ1) is 14.3. The number of rotatable bonds is 8. The van der Waals surface area contributed by atoms with Crippen molar-refractivity contribution < 1.29 is 21.6 Å². The van der Waals surface area contributed by atoms with E-state index in [4.69, 9.17) is 4.74 Å². The molecular weight excluding hydrogens is 428 g/mol. The molecule has 2 N–H and O–H groups in total. The molecule has 1 heterocycles. The van der Waals surface area contributed by atoms with Gasteiger partial charge in [-0.3, -0.25) is 9.71 Å². The van der Waals surface area contributed by atoms with E-state index in [-0.39, 0.29) is 27.4 Å². The van der Waals surface area contributed by atoms with Gasteiger partial charge in [0, 0.05) is 24.5 Å². The summed E-state index contributed by atoms with van der Waals surface area (Å²) in [5.74, 6) is 0.624. The van der Waals surface area contributed by atoms with E-state index in [9.17, 15) is 16.8 Å². The summed E-state index contributed by atoms with van der Waals surface area (Å²) in [5.41, 5.74) is 0.251. The summed E-state index contributed by atoms with van der Waals surface area (Å²) in [6, 6.07) is 11.4. The number of aromatic nitrogens is 2. The summed E-state index contributed by atoms with van der Waals surface area (Å²) >= 11 is 0. The standard InChI is InChI=1S/C19H18N4O5S2/c24-29(25,22-14-7-8-14)17-5-2-6-18(12-17)30(26,27)23-15-3-1-4-16(11-15)28-19-13-20-9-10-21-19/h1-6,9-14,22-23H,7-8H2. The molecule has 0 aliphatic heterocycles. The molecule has 30 heavy (non-hydrogen) atoms. The molecule has 4 rings (SSSR count). The quantitative estimate of drug-likeness (QED) is 0.544. The van der Waals surface area contributed by atoms with E-state index >= 15 is 0 Å². The average Bonchev–Trinajstić information content (AvgIpc) is 3.52. The number of hydrogen-bond donors (Lipinski definition) is 2. The summed E-state index contributed by atoms with van der Waals surface area (Å²) in [6.45, 7) is 0. The van der Waals surface area contributed by atoms with Crippen LogP contribution in [-0.4, -0.2) is 32.8 Å². The second-order valence-corrected chi connectivity index (χ2v) is 10.0. The fraction of sp³-hybridized carbons (Fsp3) is 0.158. The fourth-order valence-corrected chi connectivity index (χ4v) is 5.11. The lowest BCUT2D eigenvalue weighted by atomic mass is 10.3. The predicted molar refractivity (Wildman–Crippen MR) is 109 cm³/mol. The Morgan fingerprint density at radius 1 is 0.900 bits per heavy atom. The van der Waals surface area contributed by atoms with Crippen LogP contribution in [0.4, 0.5) is 5.69 Å². The second kappa shape index (κ2) is 8.01. The molecule has 0 bridgehead atoms. The van der Waals surface area contributed by atoms with Gasteiger partial charge in [-0.25, -0.2) is 26.5 Å². The Morgan fingerprint density at radius 3 is 2.33 bits per heavy atom. The Morgan fingerprint density at radius 2 is 1.63 bits per heavy atom. The van der Waals surface area contributed by atoms with E-state index in [0.717, 1.165) is 18.9 Å². The molecule has 1 aliphatic rings. The average molecular weight is 447 g/mol. The van der Waals surface area contributed by atoms with Gasteiger partial charge in [0.1, 0.15) is 5.75 Å². The molecule has 1 aromatic heterocycles. The SMILES string of the molecule is O=S(=O)(Nc1cccc(Oc2cnccn2)c1)c1cccc(S(=O)(=O)NC2CC2)c1. The summed E-state index contributed by atoms with van der Waals surface area (Å²) in [7, 11) is -7.79. The zero-order chi connectivity index (χ0) is 21.2. The maximum absolute atomic E-state index is 12.8. The monoisotopic (exact) mass is 446 g/mol. The minimum Gasteiger partial charge on any atom is -0.437 e. The molecule has 2 aromatic carbocycles. The van der Waals surface area contributed by atoms with Crippen molar-refractivity contribution in [2.45, 2.75) is 28.7 Å². The number of nitrogens with zero attached hydrogens (tertiary/aromatic N) is 2. The van der Waals surface area contributed by atoms with Crippen LogP contribution in [0.5, 0.6) is 11.6 Å². The van der Waals surface area contributed by atoms with Crippen LogP contribution in [0.1, 0.15) is 12.8 Å². The molecule has 0 unspecified atom stereocenters. The molecule has 0 spiro atoms. The van der Waals surface area contributed by atoms with Gasteiger partial charge < -0.3 is 4.74 Å². The molecule has 0 radical (unpaired) electrons. The lowest BCUT2D eigenvalue weighted by Crippen LogP contribution is -2.26. The lowest BCUT2D eigenvalue weighted by molar-refractivity contribution is 0.460. The maximum atomic E-state index is 12.8. The number of benzene rings is 2. The van der Waals surface area contributed by atoms with Gasteiger partial charge in [-0.1, -0.05) is 12.1 Å². The molecule has 1 fully saturated rings. The molecule has 156 valence electrons. The Labute approximate surface area is 174 Å². The van der Waals surface area contributed by atoms with Crippen LogP contribution >= 0.6 is 0 Å². The molecular formula is C19H18N4O5S2. The molecule has 9 nitrogen and oxygen atoms in total. The Balaban J connectivity index is 1.55. The van der Waals surface area contributed by atoms with Gasteiger partial charge in [0.2, 0.25) is 15.9 Å². The third-order valence-corrected chi connectivity index (χ3v) is 7.07. The smallest absolute Gasteiger partial charge is 0.261 e. The van der Waals surface area contributed by atoms with Crippen molar-refractivity contribution in [3.8, 4) is 11.6 Å². The van der Waals surface area contributed by atoms with Crippen molar-refractivity contribution in [3.05, 3.63) is 67.1 Å². The van der Waals surface area contributed by atoms with Gasteiger partial charge in [-0.2, -0.15) is 0 Å². The molecule has 0 saturated heterocycles. The normalized spacial score (nSPS) is 14.3. The zero-order valence-corrected chi connectivity index (χ0v) is 17.2. The minimum atomic E-state index is -4.02. The van der Waals surface area contributed by atoms with Crippen LogP contribution in [-0.2, 0) is 20.0 Å². The largest absolute Gasteiger partial charge is 0.437 e. The van der Waals surface area contributed by atoms with Crippen molar-refractivity contribution in [2.75, 3.05) is 4.72 Å². The van der Waals surface area contributed by atoms with Crippen LogP contribution in [0.3, 0.4) is 0 Å². The summed E-state index contributed by atoms with van der Waals surface area (Å²) in [5, 5.41) is 0. The highest BCUT2D eigenvalue weighted by molar-refractivity contribution is 7.93. The highest BCUT2D eigenvalue weighted by Crippen LogP contribution is 2.26. The van der Waals surface area contributed by atoms with E-state index in [1.807, 2.05) is 0 Å². The highest BCUT2D eigenvalue weighted by atomic mass is 32.2. The first-order valence-electron chi connectivity index (χ1n) is 9.01. The predicted octanol–water partition coefficient (Wildman–Crippen LogP) is 2.51. The number of anilines is 1. The van der Waals surface area contributed by atoms with Gasteiger partial charge >= 0.3 is 0 Å². The Kier molecular flexibility index (Phi) is 5.41. The van der Waals surface area contributed by atoms with E-state index in [2.05, 4.69) is 19.4 Å². The van der Waals surface area contributed by atoms with Crippen molar-refractivity contribution >= 4 is 25.7 Å². The van der Waals surface area contributed by atoms with E-state index in [1.165, 1.54) is 42.9 Å². The van der Waals surface area contributed by atoms with Crippen molar-refractivity contribution in [2.24, 2.45) is 0 Å². The molecule has 0 atom stereocenters. The summed E-state index contributed by atoms with van der Waals surface area (Å²) in [6.07, 6.45) is 5.98. The van der Waals surface area contributed by atoms with E-state index < -0.39 is 20.0 Å². The maximum Gasteiger partial charge on any atom is 0.261 e. The van der Waals surface area contributed by atoms with Gasteiger partial charge in [0.25, 0.3) is 10.0 Å². The third kappa shape index (κ3) is 4.93. The van der Waals surface area contributed by atoms with Crippen LogP contribution < -0.4 is 14.2 Å². The number of hydrogen-bond acceptors (Lipinski definition) is 7. The lowest BCUT2D eigenvalue weighted by Gasteiger charge is -2.11. The van der Waals surface area contributed by atoms with Crippen LogP contribution in [0.15, 0.2) is 76.9 Å². The van der Waals surface area contributed by atoms with Gasteiger partial charge in [0.05, 0.1) is 21.7 Å². The molecule has 1 saturated carbocycles. The number of nitrogens with one attached hydrogen (secondary N) is 2. The minimum absolute atomic E-state index is 0.0783. The Bertz CT molecular complexity index is 1260. The van der Waals surface area contributed by atoms with E-state index in [0.29, 0.717) is 5.75 Å². The fourth-order valence-electron chi connectivity index (χ4n) is 2.59. The van der Waals surface area contributed by atoms with Gasteiger partial charge in [0.15, 0.2) is 0 Å². The molecule has 3 aromatic rings. The van der Waals surface area contributed by atoms with E-state index in [1.54, 1.807) is 18.2 Å². The Hall–Kier alpha value is -3.02. The first kappa shape index (κ1) is 20.3. The van der Waals surface area contributed by atoms with Crippen molar-refractivity contribution in [1.82, 2.24) is 14.7 Å². The number of sulfonamides is 2. The molecule has 11 heteroatoms. The van der Waals surface area contributed by atoms with Crippen molar-refractivity contribution in [1.29, 1.82) is 0 Å². The third-order valence-electron chi connectivity index (χ3n) is 4.17. The van der Waals surface area contributed by atoms with Crippen LogP contribution in [0.25, 0.3) is 0 Å². The van der Waals surface area contributed by atoms with Crippen LogP contribution in [0, 0.1) is 0 Å². The topological polar surface area (TPSA) is 127 Å². The van der Waals surface area contributed by atoms with Crippen LogP contribution in [0.2, 0.25) is 0 Å². The van der Waals surface area contributed by atoms with Gasteiger partial charge in [-0.05, 0) is 43.2 Å². The summed E-state index contributed by atoms with van der Waals surface area (Å²) in [4.78, 5) is 7.63. The molecule has 1 aliphatic carbocycles. The van der Waals surface area contributed by atoms with Crippen molar-refractivity contribution in [3.63, 3.8) is 0 Å². The zero-order valence-electron chi connectivity index (χ0n) is 15.6. The second-order valence-electron chi connectivity index (χ2n) is 6.65. The van der Waals surface area contributed by atoms with Gasteiger partial charge in [-0.15, -0.1) is 0 Å². The summed E-state index contributed by atoms with van der Waals surface area (Å²) < 4.78 is 60.9. The molecule has 0 amide bonds.